The Morgan fingerprint density at radius 1 is 1.35 bits per heavy atom. The Kier molecular flexibility index (Phi) is 5.73. The summed E-state index contributed by atoms with van der Waals surface area (Å²) in [5.74, 6) is -1.75. The summed E-state index contributed by atoms with van der Waals surface area (Å²) in [6.45, 7) is 3.73. The Hall–Kier alpha value is -1.85. The van der Waals surface area contributed by atoms with Gasteiger partial charge < -0.3 is 9.47 Å². The fourth-order valence-electron chi connectivity index (χ4n) is 2.56. The summed E-state index contributed by atoms with van der Waals surface area (Å²) < 4.78 is 9.40. The third-order valence-corrected chi connectivity index (χ3v) is 3.59. The van der Waals surface area contributed by atoms with Crippen molar-refractivity contribution >= 4 is 17.8 Å². The van der Waals surface area contributed by atoms with E-state index in [0.29, 0.717) is 19.4 Å². The van der Waals surface area contributed by atoms with Gasteiger partial charge in [0.15, 0.2) is 0 Å². The molecule has 0 N–H and O–H groups in total. The van der Waals surface area contributed by atoms with E-state index >= 15 is 0 Å². The van der Waals surface area contributed by atoms with E-state index in [1.54, 1.807) is 6.20 Å². The van der Waals surface area contributed by atoms with Crippen LogP contribution in [0.1, 0.15) is 26.7 Å². The Morgan fingerprint density at radius 3 is 2.45 bits per heavy atom. The summed E-state index contributed by atoms with van der Waals surface area (Å²) in [5, 5.41) is 0. The van der Waals surface area contributed by atoms with E-state index in [2.05, 4.69) is 4.74 Å². The molecule has 2 unspecified atom stereocenters. The van der Waals surface area contributed by atoms with Crippen LogP contribution in [0.4, 0.5) is 4.79 Å². The van der Waals surface area contributed by atoms with Gasteiger partial charge in [0.25, 0.3) is 0 Å². The average Bonchev–Trinajstić information content (AvgIpc) is 2.46. The summed E-state index contributed by atoms with van der Waals surface area (Å²) in [6, 6.07) is 0. The number of carbonyl (C=O) groups is 3. The average molecular weight is 283 g/mol. The topological polar surface area (TPSA) is 72.9 Å². The highest BCUT2D eigenvalue weighted by atomic mass is 16.5. The maximum atomic E-state index is 11.8. The van der Waals surface area contributed by atoms with Gasteiger partial charge in [0.1, 0.15) is 11.7 Å². The van der Waals surface area contributed by atoms with E-state index in [0.717, 1.165) is 5.57 Å². The molecule has 0 fully saturated rings. The molecule has 0 aliphatic carbocycles. The Bertz CT molecular complexity index is 429. The second-order valence-corrected chi connectivity index (χ2v) is 4.73. The van der Waals surface area contributed by atoms with Gasteiger partial charge in [-0.3, -0.25) is 14.5 Å². The van der Waals surface area contributed by atoms with Crippen molar-refractivity contribution in [3.63, 3.8) is 0 Å². The van der Waals surface area contributed by atoms with Crippen LogP contribution in [0.5, 0.6) is 0 Å². The number of methoxy groups -OCH3 is 2. The van der Waals surface area contributed by atoms with Crippen LogP contribution in [0.15, 0.2) is 11.8 Å². The second-order valence-electron chi connectivity index (χ2n) is 4.73. The number of hydrogen-bond acceptors (Lipinski definition) is 5. The van der Waals surface area contributed by atoms with E-state index in [-0.39, 0.29) is 11.7 Å². The minimum absolute atomic E-state index is 0.215. The quantitative estimate of drug-likeness (QED) is 0.580. The van der Waals surface area contributed by atoms with Crippen molar-refractivity contribution in [2.24, 2.45) is 11.8 Å². The smallest absolute Gasteiger partial charge is 0.413 e. The van der Waals surface area contributed by atoms with Gasteiger partial charge in [0.05, 0.1) is 14.2 Å². The van der Waals surface area contributed by atoms with Gasteiger partial charge >= 0.3 is 12.1 Å². The minimum Gasteiger partial charge on any atom is -0.468 e. The van der Waals surface area contributed by atoms with E-state index in [1.807, 2.05) is 6.92 Å². The zero-order valence-corrected chi connectivity index (χ0v) is 12.3. The van der Waals surface area contributed by atoms with Gasteiger partial charge in [-0.2, -0.15) is 0 Å². The van der Waals surface area contributed by atoms with Crippen LogP contribution in [-0.4, -0.2) is 43.5 Å². The van der Waals surface area contributed by atoms with Crippen LogP contribution >= 0.6 is 0 Å². The molecule has 0 aromatic carbocycles. The number of carbonyl (C=O) groups excluding carboxylic acids is 3. The first kappa shape index (κ1) is 16.2. The lowest BCUT2D eigenvalue weighted by molar-refractivity contribution is -0.150. The largest absolute Gasteiger partial charge is 0.468 e. The molecular formula is C14H21NO5. The van der Waals surface area contributed by atoms with Crippen molar-refractivity contribution in [1.29, 1.82) is 0 Å². The monoisotopic (exact) mass is 283 g/mol. The zero-order chi connectivity index (χ0) is 15.3. The highest BCUT2D eigenvalue weighted by Crippen LogP contribution is 2.32. The van der Waals surface area contributed by atoms with Crippen molar-refractivity contribution in [2.75, 3.05) is 20.8 Å². The van der Waals surface area contributed by atoms with Crippen LogP contribution in [0.3, 0.4) is 0 Å². The molecule has 0 radical (unpaired) electrons. The van der Waals surface area contributed by atoms with Gasteiger partial charge in [0.2, 0.25) is 0 Å². The summed E-state index contributed by atoms with van der Waals surface area (Å²) >= 11 is 0. The van der Waals surface area contributed by atoms with E-state index in [9.17, 15) is 14.4 Å². The molecule has 1 amide bonds. The predicted molar refractivity (Wildman–Crippen MR) is 71.8 cm³/mol. The van der Waals surface area contributed by atoms with Crippen molar-refractivity contribution < 1.29 is 23.9 Å². The summed E-state index contributed by atoms with van der Waals surface area (Å²) in [6.07, 6.45) is 2.43. The Morgan fingerprint density at radius 2 is 2.00 bits per heavy atom. The van der Waals surface area contributed by atoms with Gasteiger partial charge in [-0.05, 0) is 25.3 Å². The molecule has 0 aromatic rings. The second kappa shape index (κ2) is 7.07. The number of rotatable bonds is 4. The molecule has 0 bridgehead atoms. The first-order valence-electron chi connectivity index (χ1n) is 6.59. The number of Topliss-reactive ketones (excluding diaryl/α,β-unsaturated/α-hetero) is 1. The number of nitrogens with zero attached hydrogens (tertiary/aromatic N) is 1. The van der Waals surface area contributed by atoms with Gasteiger partial charge in [0, 0.05) is 18.7 Å². The standard InChI is InChI=1S/C14H21NO5/c1-5-10-8-15(14(18)20-4)7-6-11(10)12(9(2)16)13(17)19-3/h8,11-12H,5-7H2,1-4H3. The number of amides is 1. The number of hydrogen-bond donors (Lipinski definition) is 0. The first-order chi connectivity index (χ1) is 9.46. The molecule has 1 rings (SSSR count). The first-order valence-corrected chi connectivity index (χ1v) is 6.59. The minimum atomic E-state index is -0.800. The summed E-state index contributed by atoms with van der Waals surface area (Å²) in [7, 11) is 2.60. The van der Waals surface area contributed by atoms with E-state index in [1.165, 1.54) is 26.0 Å². The molecule has 1 heterocycles. The van der Waals surface area contributed by atoms with Crippen molar-refractivity contribution in [3.05, 3.63) is 11.8 Å². The highest BCUT2D eigenvalue weighted by Gasteiger charge is 2.37. The third kappa shape index (κ3) is 3.37. The number of esters is 1. The summed E-state index contributed by atoms with van der Waals surface area (Å²) in [4.78, 5) is 36.5. The number of ether oxygens (including phenoxy) is 2. The molecule has 1 aliphatic heterocycles. The maximum Gasteiger partial charge on any atom is 0.413 e. The fourth-order valence-corrected chi connectivity index (χ4v) is 2.56. The fraction of sp³-hybridized carbons (Fsp3) is 0.643. The molecule has 1 aliphatic rings. The predicted octanol–water partition coefficient (Wildman–Crippen LogP) is 1.75. The normalized spacial score (nSPS) is 19.9. The van der Waals surface area contributed by atoms with E-state index < -0.39 is 18.0 Å². The molecule has 0 saturated heterocycles. The molecule has 2 atom stereocenters. The Balaban J connectivity index is 3.03. The van der Waals surface area contributed by atoms with Crippen molar-refractivity contribution in [2.45, 2.75) is 26.7 Å². The Labute approximate surface area is 118 Å². The van der Waals surface area contributed by atoms with Gasteiger partial charge in [-0.25, -0.2) is 4.79 Å². The van der Waals surface area contributed by atoms with Gasteiger partial charge in [-0.1, -0.05) is 6.92 Å². The molecule has 112 valence electrons. The third-order valence-electron chi connectivity index (χ3n) is 3.59. The van der Waals surface area contributed by atoms with Gasteiger partial charge in [-0.15, -0.1) is 0 Å². The lowest BCUT2D eigenvalue weighted by Gasteiger charge is -2.33. The van der Waals surface area contributed by atoms with Crippen LogP contribution in [-0.2, 0) is 19.1 Å². The molecule has 6 heteroatoms. The van der Waals surface area contributed by atoms with Crippen LogP contribution in [0, 0.1) is 11.8 Å². The number of ketones is 1. The highest BCUT2D eigenvalue weighted by molar-refractivity contribution is 5.98. The van der Waals surface area contributed by atoms with Crippen LogP contribution < -0.4 is 0 Å². The number of allylic oxidation sites excluding steroid dienone is 1. The summed E-state index contributed by atoms with van der Waals surface area (Å²) in [5.41, 5.74) is 0.882. The molecule has 0 aromatic heterocycles. The molecular weight excluding hydrogens is 262 g/mol. The molecule has 20 heavy (non-hydrogen) atoms. The molecule has 6 nitrogen and oxygen atoms in total. The van der Waals surface area contributed by atoms with Crippen molar-refractivity contribution in [1.82, 2.24) is 4.90 Å². The lowest BCUT2D eigenvalue weighted by atomic mass is 9.79. The van der Waals surface area contributed by atoms with Crippen molar-refractivity contribution in [3.8, 4) is 0 Å². The molecule has 0 saturated carbocycles. The van der Waals surface area contributed by atoms with Crippen LogP contribution in [0.25, 0.3) is 0 Å². The lowest BCUT2D eigenvalue weighted by Crippen LogP contribution is -2.39. The maximum absolute atomic E-state index is 11.8. The SMILES string of the molecule is CCC1=CN(C(=O)OC)CCC1C(C(C)=O)C(=O)OC. The van der Waals surface area contributed by atoms with Crippen LogP contribution in [0.2, 0.25) is 0 Å². The molecule has 0 spiro atoms. The van der Waals surface area contributed by atoms with E-state index in [4.69, 9.17) is 4.74 Å². The zero-order valence-electron chi connectivity index (χ0n) is 12.3.